The minimum Gasteiger partial charge on any atom is -0.870 e. The van der Waals surface area contributed by atoms with Gasteiger partial charge in [0, 0.05) is 5.56 Å². The minimum absolute atomic E-state index is 0. The van der Waals surface area contributed by atoms with Crippen molar-refractivity contribution >= 4 is 0 Å². The van der Waals surface area contributed by atoms with Gasteiger partial charge in [-0.05, 0) is 20.8 Å². The van der Waals surface area contributed by atoms with E-state index < -0.39 is 0 Å². The molecule has 0 bridgehead atoms. The number of hydrogen-bond donors (Lipinski definition) is 1. The molecule has 1 aromatic carbocycles. The highest BCUT2D eigenvalue weighted by atomic mass is 16.0. The third-order valence-corrected chi connectivity index (χ3v) is 3.37. The monoisotopic (exact) mass is 226 g/mol. The first-order chi connectivity index (χ1) is 6.76. The van der Waals surface area contributed by atoms with E-state index in [4.69, 9.17) is 0 Å². The Bertz CT molecular complexity index is 250. The summed E-state index contributed by atoms with van der Waals surface area (Å²) >= 11 is 0. The summed E-state index contributed by atoms with van der Waals surface area (Å²) in [4.78, 5) is 0. The van der Waals surface area contributed by atoms with E-state index >= 15 is 0 Å². The van der Waals surface area contributed by atoms with Crippen LogP contribution in [0.1, 0.15) is 26.3 Å². The summed E-state index contributed by atoms with van der Waals surface area (Å²) in [5.41, 5.74) is 1.46. The van der Waals surface area contributed by atoms with Crippen LogP contribution in [0.5, 0.6) is 0 Å². The van der Waals surface area contributed by atoms with Crippen LogP contribution in [-0.2, 0) is 6.54 Å². The fourth-order valence-electron chi connectivity index (χ4n) is 1.98. The molecule has 1 aromatic rings. The molecule has 0 fully saturated rings. The number of nitrogens with zero attached hydrogens (tertiary/aromatic N) is 1. The molecule has 94 valence electrons. The van der Waals surface area contributed by atoms with Crippen LogP contribution in [0.3, 0.4) is 0 Å². The molecule has 0 spiro atoms. The first-order valence-corrected chi connectivity index (χ1v) is 5.65. The maximum absolute atomic E-state index is 2.29. The second-order valence-corrected chi connectivity index (χ2v) is 3.93. The zero-order valence-electron chi connectivity index (χ0n) is 10.8. The molecule has 0 atom stereocenters. The van der Waals surface area contributed by atoms with E-state index in [0.29, 0.717) is 0 Å². The molecule has 16 heavy (non-hydrogen) atoms. The van der Waals surface area contributed by atoms with E-state index in [1.54, 1.807) is 0 Å². The number of hydrogen-bond acceptors (Lipinski definition) is 2. The van der Waals surface area contributed by atoms with Crippen LogP contribution < -0.4 is 6.15 Å². The molecule has 0 aliphatic heterocycles. The summed E-state index contributed by atoms with van der Waals surface area (Å²) < 4.78 is 1.20. The van der Waals surface area contributed by atoms with Gasteiger partial charge in [-0.25, -0.2) is 0 Å². The van der Waals surface area contributed by atoms with Crippen LogP contribution in [0, 0.1) is 0 Å². The van der Waals surface area contributed by atoms with E-state index in [1.807, 2.05) is 0 Å². The Labute approximate surface area is 99.6 Å². The first-order valence-electron chi connectivity index (χ1n) is 5.65. The van der Waals surface area contributed by atoms with E-state index in [1.165, 1.54) is 36.2 Å². The summed E-state index contributed by atoms with van der Waals surface area (Å²) in [6, 6.07) is 10.8. The van der Waals surface area contributed by atoms with Crippen molar-refractivity contribution in [2.24, 2.45) is 0 Å². The molecule has 4 N–H and O–H groups in total. The molecular formula is C13H26N2O. The second-order valence-electron chi connectivity index (χ2n) is 3.93. The molecule has 0 heterocycles. The van der Waals surface area contributed by atoms with Crippen molar-refractivity contribution in [3.63, 3.8) is 0 Å². The standard InChI is InChI=1S/C13H22N.H3N.H2O/c1-4-14(5-2,6-3)12-13-10-8-7-9-11-13;;/h7-11H,4-6,12H2,1-3H3;1H3;1H2/q+1;;/p-1. The van der Waals surface area contributed by atoms with Gasteiger partial charge in [0.15, 0.2) is 0 Å². The molecule has 0 saturated carbocycles. The Hall–Kier alpha value is -0.900. The number of quaternary nitrogens is 1. The third-order valence-electron chi connectivity index (χ3n) is 3.37. The van der Waals surface area contributed by atoms with Crippen molar-refractivity contribution in [2.45, 2.75) is 27.3 Å². The lowest BCUT2D eigenvalue weighted by molar-refractivity contribution is -0.936. The van der Waals surface area contributed by atoms with Crippen molar-refractivity contribution in [1.82, 2.24) is 6.15 Å². The summed E-state index contributed by atoms with van der Waals surface area (Å²) in [5.74, 6) is 0. The molecule has 1 rings (SSSR count). The summed E-state index contributed by atoms with van der Waals surface area (Å²) in [5, 5.41) is 0. The van der Waals surface area contributed by atoms with Gasteiger partial charge in [-0.15, -0.1) is 0 Å². The quantitative estimate of drug-likeness (QED) is 0.784. The van der Waals surface area contributed by atoms with Gasteiger partial charge < -0.3 is 16.1 Å². The van der Waals surface area contributed by atoms with Gasteiger partial charge in [-0.3, -0.25) is 0 Å². The summed E-state index contributed by atoms with van der Waals surface area (Å²) in [6.45, 7) is 11.7. The van der Waals surface area contributed by atoms with Crippen LogP contribution in [0.25, 0.3) is 0 Å². The molecule has 0 radical (unpaired) electrons. The topological polar surface area (TPSA) is 65.0 Å². The van der Waals surface area contributed by atoms with Crippen LogP contribution >= 0.6 is 0 Å². The lowest BCUT2D eigenvalue weighted by Crippen LogP contribution is -2.46. The van der Waals surface area contributed by atoms with Gasteiger partial charge in [0.2, 0.25) is 0 Å². The largest absolute Gasteiger partial charge is 0.870 e. The predicted molar refractivity (Wildman–Crippen MR) is 69.0 cm³/mol. The molecule has 0 aliphatic carbocycles. The molecule has 0 saturated heterocycles. The lowest BCUT2D eigenvalue weighted by Gasteiger charge is -2.35. The zero-order chi connectivity index (χ0) is 10.4. The highest BCUT2D eigenvalue weighted by molar-refractivity contribution is 5.13. The van der Waals surface area contributed by atoms with Gasteiger partial charge in [0.05, 0.1) is 19.6 Å². The van der Waals surface area contributed by atoms with Crippen molar-refractivity contribution < 1.29 is 9.96 Å². The Balaban J connectivity index is 0. The Morgan fingerprint density at radius 1 is 0.875 bits per heavy atom. The normalized spacial score (nSPS) is 10.2. The smallest absolute Gasteiger partial charge is 0.104 e. The maximum Gasteiger partial charge on any atom is 0.104 e. The fourth-order valence-corrected chi connectivity index (χ4v) is 1.98. The molecular weight excluding hydrogens is 200 g/mol. The van der Waals surface area contributed by atoms with Crippen molar-refractivity contribution in [3.8, 4) is 0 Å². The molecule has 0 amide bonds. The van der Waals surface area contributed by atoms with E-state index in [0.717, 1.165) is 0 Å². The zero-order valence-corrected chi connectivity index (χ0v) is 10.8. The number of rotatable bonds is 5. The van der Waals surface area contributed by atoms with Gasteiger partial charge in [0.1, 0.15) is 6.54 Å². The molecule has 0 aliphatic rings. The highest BCUT2D eigenvalue weighted by Crippen LogP contribution is 2.13. The van der Waals surface area contributed by atoms with Gasteiger partial charge in [-0.2, -0.15) is 0 Å². The molecule has 0 unspecified atom stereocenters. The molecule has 3 nitrogen and oxygen atoms in total. The SMILES string of the molecule is CC[N+](CC)(CC)Cc1ccccc1.N.[OH-]. The average molecular weight is 226 g/mol. The van der Waals surface area contributed by atoms with Crippen LogP contribution in [0.15, 0.2) is 30.3 Å². The minimum atomic E-state index is 0. The Kier molecular flexibility index (Phi) is 9.05. The second kappa shape index (κ2) is 8.28. The summed E-state index contributed by atoms with van der Waals surface area (Å²) in [6.07, 6.45) is 0. The first kappa shape index (κ1) is 17.5. The Morgan fingerprint density at radius 3 is 1.69 bits per heavy atom. The Morgan fingerprint density at radius 2 is 1.31 bits per heavy atom. The van der Waals surface area contributed by atoms with Gasteiger partial charge in [-0.1, -0.05) is 30.3 Å². The predicted octanol–water partition coefficient (Wildman–Crippen LogP) is 3.05. The van der Waals surface area contributed by atoms with Crippen LogP contribution in [0.2, 0.25) is 0 Å². The van der Waals surface area contributed by atoms with Gasteiger partial charge in [0.25, 0.3) is 0 Å². The molecule has 3 heteroatoms. The van der Waals surface area contributed by atoms with E-state index in [-0.39, 0.29) is 11.6 Å². The number of benzene rings is 1. The van der Waals surface area contributed by atoms with Crippen LogP contribution in [-0.4, -0.2) is 29.6 Å². The maximum atomic E-state index is 2.29. The lowest BCUT2D eigenvalue weighted by atomic mass is 10.2. The van der Waals surface area contributed by atoms with Crippen molar-refractivity contribution in [1.29, 1.82) is 0 Å². The molecule has 0 aromatic heterocycles. The van der Waals surface area contributed by atoms with E-state index in [2.05, 4.69) is 51.1 Å². The van der Waals surface area contributed by atoms with Crippen molar-refractivity contribution in [2.75, 3.05) is 19.6 Å². The summed E-state index contributed by atoms with van der Waals surface area (Å²) in [7, 11) is 0. The average Bonchev–Trinajstić information content (AvgIpc) is 2.28. The van der Waals surface area contributed by atoms with Crippen molar-refractivity contribution in [3.05, 3.63) is 35.9 Å². The fraction of sp³-hybridized carbons (Fsp3) is 0.538. The van der Waals surface area contributed by atoms with Gasteiger partial charge >= 0.3 is 0 Å². The van der Waals surface area contributed by atoms with Crippen LogP contribution in [0.4, 0.5) is 0 Å². The van der Waals surface area contributed by atoms with E-state index in [9.17, 15) is 0 Å². The highest BCUT2D eigenvalue weighted by Gasteiger charge is 2.20. The third kappa shape index (κ3) is 4.31.